The Kier molecular flexibility index (Phi) is 3.80. The second kappa shape index (κ2) is 4.71. The first-order valence-corrected chi connectivity index (χ1v) is 5.61. The van der Waals surface area contributed by atoms with Crippen LogP contribution in [0.5, 0.6) is 0 Å². The zero-order valence-corrected chi connectivity index (χ0v) is 10.6. The first-order chi connectivity index (χ1) is 6.93. The van der Waals surface area contributed by atoms with Crippen LogP contribution in [-0.4, -0.2) is 11.6 Å². The molecule has 80 valence electrons. The van der Waals surface area contributed by atoms with E-state index in [0.717, 1.165) is 16.7 Å². The van der Waals surface area contributed by atoms with Gasteiger partial charge in [-0.25, -0.2) is 0 Å². The van der Waals surface area contributed by atoms with Crippen LogP contribution in [0.25, 0.3) is 0 Å². The molecular formula is C12H13BrO2. The van der Waals surface area contributed by atoms with Crippen molar-refractivity contribution >= 4 is 27.5 Å². The van der Waals surface area contributed by atoms with E-state index in [0.29, 0.717) is 0 Å². The van der Waals surface area contributed by atoms with Gasteiger partial charge in [-0.1, -0.05) is 39.7 Å². The van der Waals surface area contributed by atoms with Gasteiger partial charge >= 0.3 is 0 Å². The molecule has 0 N–H and O–H groups in total. The van der Waals surface area contributed by atoms with Gasteiger partial charge in [-0.2, -0.15) is 0 Å². The largest absolute Gasteiger partial charge is 0.291 e. The first-order valence-electron chi connectivity index (χ1n) is 4.69. The molecule has 15 heavy (non-hydrogen) atoms. The van der Waals surface area contributed by atoms with Crippen LogP contribution in [0.15, 0.2) is 18.2 Å². The Hall–Kier alpha value is -0.960. The van der Waals surface area contributed by atoms with Crippen LogP contribution in [0.4, 0.5) is 0 Å². The van der Waals surface area contributed by atoms with Gasteiger partial charge < -0.3 is 0 Å². The highest BCUT2D eigenvalue weighted by molar-refractivity contribution is 9.09. The molecule has 1 atom stereocenters. The van der Waals surface area contributed by atoms with E-state index < -0.39 is 16.4 Å². The second-order valence-corrected chi connectivity index (χ2v) is 4.56. The van der Waals surface area contributed by atoms with E-state index in [2.05, 4.69) is 15.9 Å². The van der Waals surface area contributed by atoms with E-state index in [1.54, 1.807) is 0 Å². The van der Waals surface area contributed by atoms with Crippen LogP contribution >= 0.6 is 15.9 Å². The average Bonchev–Trinajstić information content (AvgIpc) is 2.19. The fourth-order valence-corrected chi connectivity index (χ4v) is 2.17. The molecule has 1 unspecified atom stereocenters. The maximum atomic E-state index is 11.5. The number of carbonyl (C=O) groups is 2. The molecule has 2 nitrogen and oxygen atoms in total. The van der Waals surface area contributed by atoms with Crippen molar-refractivity contribution in [3.63, 3.8) is 0 Å². The minimum absolute atomic E-state index is 0.399. The summed E-state index contributed by atoms with van der Waals surface area (Å²) in [5.41, 5.74) is 2.96. The lowest BCUT2D eigenvalue weighted by Gasteiger charge is -2.11. The molecule has 0 amide bonds. The maximum Gasteiger partial charge on any atom is 0.216 e. The molecule has 0 aromatic heterocycles. The maximum absolute atomic E-state index is 11.5. The van der Waals surface area contributed by atoms with Crippen molar-refractivity contribution in [2.45, 2.75) is 25.6 Å². The van der Waals surface area contributed by atoms with Crippen LogP contribution in [-0.2, 0) is 9.59 Å². The Morgan fingerprint density at radius 1 is 1.27 bits per heavy atom. The van der Waals surface area contributed by atoms with E-state index in [1.165, 1.54) is 6.92 Å². The van der Waals surface area contributed by atoms with E-state index in [9.17, 15) is 9.59 Å². The summed E-state index contributed by atoms with van der Waals surface area (Å²) in [5.74, 6) is -0.818. The van der Waals surface area contributed by atoms with E-state index in [4.69, 9.17) is 0 Å². The molecule has 0 heterocycles. The number of alkyl halides is 1. The molecule has 0 bridgehead atoms. The fourth-order valence-electron chi connectivity index (χ4n) is 1.35. The highest BCUT2D eigenvalue weighted by Gasteiger charge is 2.22. The Morgan fingerprint density at radius 2 is 1.87 bits per heavy atom. The SMILES string of the molecule is CC(=O)C(=O)C(Br)c1cc(C)ccc1C. The molecule has 0 aliphatic rings. The van der Waals surface area contributed by atoms with Crippen LogP contribution in [0.2, 0.25) is 0 Å². The Bertz CT molecular complexity index is 410. The number of halogens is 1. The van der Waals surface area contributed by atoms with Crippen LogP contribution in [0, 0.1) is 13.8 Å². The predicted octanol–water partition coefficient (Wildman–Crippen LogP) is 2.90. The zero-order valence-electron chi connectivity index (χ0n) is 9.00. The van der Waals surface area contributed by atoms with Gasteiger partial charge in [0.2, 0.25) is 5.78 Å². The number of Topliss-reactive ketones (excluding diaryl/α,β-unsaturated/α-hetero) is 2. The quantitative estimate of drug-likeness (QED) is 0.624. The van der Waals surface area contributed by atoms with Crippen LogP contribution in [0.3, 0.4) is 0 Å². The van der Waals surface area contributed by atoms with Gasteiger partial charge in [0.05, 0.1) is 0 Å². The third kappa shape index (κ3) is 2.75. The summed E-state index contributed by atoms with van der Waals surface area (Å²) in [6, 6.07) is 5.86. The van der Waals surface area contributed by atoms with E-state index in [-0.39, 0.29) is 0 Å². The van der Waals surface area contributed by atoms with Gasteiger partial charge in [0.15, 0.2) is 5.78 Å². The summed E-state index contributed by atoms with van der Waals surface area (Å²) in [5, 5.41) is 0. The monoisotopic (exact) mass is 268 g/mol. The standard InChI is InChI=1S/C12H13BrO2/c1-7-4-5-8(2)10(6-7)11(13)12(15)9(3)14/h4-6,11H,1-3H3. The number of benzene rings is 1. The summed E-state index contributed by atoms with van der Waals surface area (Å²) in [6.45, 7) is 5.18. The summed E-state index contributed by atoms with van der Waals surface area (Å²) in [4.78, 5) is 22.0. The molecule has 0 aliphatic carbocycles. The van der Waals surface area contributed by atoms with Gasteiger partial charge in [-0.3, -0.25) is 9.59 Å². The summed E-state index contributed by atoms with van der Waals surface area (Å²) in [6.07, 6.45) is 0. The molecule has 1 aromatic carbocycles. The smallest absolute Gasteiger partial charge is 0.216 e. The molecule has 0 aliphatic heterocycles. The minimum atomic E-state index is -0.519. The highest BCUT2D eigenvalue weighted by Crippen LogP contribution is 2.27. The Morgan fingerprint density at radius 3 is 2.40 bits per heavy atom. The molecule has 1 aromatic rings. The summed E-state index contributed by atoms with van der Waals surface area (Å²) < 4.78 is 0. The molecule has 3 heteroatoms. The number of hydrogen-bond donors (Lipinski definition) is 0. The third-order valence-corrected chi connectivity index (χ3v) is 3.19. The molecule has 0 radical (unpaired) electrons. The summed E-state index contributed by atoms with van der Waals surface area (Å²) in [7, 11) is 0. The van der Waals surface area contributed by atoms with Crippen molar-refractivity contribution in [1.29, 1.82) is 0 Å². The molecule has 0 saturated heterocycles. The topological polar surface area (TPSA) is 34.1 Å². The lowest BCUT2D eigenvalue weighted by Crippen LogP contribution is -2.16. The van der Waals surface area contributed by atoms with Crippen molar-refractivity contribution < 1.29 is 9.59 Å². The lowest BCUT2D eigenvalue weighted by molar-refractivity contribution is -0.135. The minimum Gasteiger partial charge on any atom is -0.291 e. The number of ketones is 2. The zero-order chi connectivity index (χ0) is 11.6. The van der Waals surface area contributed by atoms with E-state index in [1.807, 2.05) is 32.0 Å². The normalized spacial score (nSPS) is 12.3. The van der Waals surface area contributed by atoms with Crippen molar-refractivity contribution in [2.75, 3.05) is 0 Å². The third-order valence-electron chi connectivity index (χ3n) is 2.28. The van der Waals surface area contributed by atoms with Crippen molar-refractivity contribution in [3.8, 4) is 0 Å². The molecule has 0 fully saturated rings. The van der Waals surface area contributed by atoms with Crippen LogP contribution in [0.1, 0.15) is 28.4 Å². The Labute approximate surface area is 97.8 Å². The van der Waals surface area contributed by atoms with Gasteiger partial charge in [0.25, 0.3) is 0 Å². The highest BCUT2D eigenvalue weighted by atomic mass is 79.9. The van der Waals surface area contributed by atoms with Gasteiger partial charge in [-0.15, -0.1) is 0 Å². The van der Waals surface area contributed by atoms with Crippen molar-refractivity contribution in [2.24, 2.45) is 0 Å². The number of hydrogen-bond acceptors (Lipinski definition) is 2. The number of carbonyl (C=O) groups excluding carboxylic acids is 2. The van der Waals surface area contributed by atoms with E-state index >= 15 is 0 Å². The van der Waals surface area contributed by atoms with Gasteiger partial charge in [0.1, 0.15) is 4.83 Å². The fraction of sp³-hybridized carbons (Fsp3) is 0.333. The molecule has 1 rings (SSSR count). The van der Waals surface area contributed by atoms with Gasteiger partial charge in [-0.05, 0) is 25.0 Å². The first kappa shape index (κ1) is 12.1. The predicted molar refractivity (Wildman–Crippen MR) is 63.3 cm³/mol. The average molecular weight is 269 g/mol. The lowest BCUT2D eigenvalue weighted by atomic mass is 10.00. The molecular weight excluding hydrogens is 256 g/mol. The Balaban J connectivity index is 3.10. The van der Waals surface area contributed by atoms with Gasteiger partial charge in [0, 0.05) is 6.92 Å². The van der Waals surface area contributed by atoms with Crippen molar-refractivity contribution in [1.82, 2.24) is 0 Å². The number of rotatable bonds is 3. The summed E-state index contributed by atoms with van der Waals surface area (Å²) >= 11 is 3.27. The molecule has 0 saturated carbocycles. The second-order valence-electron chi connectivity index (χ2n) is 3.64. The molecule has 0 spiro atoms. The van der Waals surface area contributed by atoms with Crippen molar-refractivity contribution in [3.05, 3.63) is 34.9 Å². The number of aryl methyl sites for hydroxylation is 2. The van der Waals surface area contributed by atoms with Crippen LogP contribution < -0.4 is 0 Å².